The number of aliphatic hydroxyl groups excluding tert-OH is 1. The number of hydrogen-bond donors (Lipinski definition) is 3. The number of benzene rings is 1. The van der Waals surface area contributed by atoms with Gasteiger partial charge < -0.3 is 14.7 Å². The van der Waals surface area contributed by atoms with Gasteiger partial charge in [0.25, 0.3) is 15.7 Å². The average Bonchev–Trinajstić information content (AvgIpc) is 2.65. The summed E-state index contributed by atoms with van der Waals surface area (Å²) in [6.07, 6.45) is 0.465. The number of aliphatic hydroxyl groups is 1. The summed E-state index contributed by atoms with van der Waals surface area (Å²) < 4.78 is 29.3. The second-order valence-electron chi connectivity index (χ2n) is 5.60. The molecular formula is C14H20N4O7S. The lowest BCUT2D eigenvalue weighted by atomic mass is 10.1. The van der Waals surface area contributed by atoms with Gasteiger partial charge in [0.05, 0.1) is 16.4 Å². The van der Waals surface area contributed by atoms with Gasteiger partial charge in [-0.05, 0) is 18.9 Å². The first-order valence-corrected chi connectivity index (χ1v) is 9.36. The molecule has 0 spiro atoms. The molecule has 0 bridgehead atoms. The predicted octanol–water partition coefficient (Wildman–Crippen LogP) is -0.0290. The first-order chi connectivity index (χ1) is 12.3. The number of hydrazine groups is 1. The van der Waals surface area contributed by atoms with Gasteiger partial charge in [-0.15, -0.1) is 4.83 Å². The number of piperidine rings is 1. The van der Waals surface area contributed by atoms with Crippen molar-refractivity contribution in [2.75, 3.05) is 26.3 Å². The monoisotopic (exact) mass is 388 g/mol. The number of ether oxygens (including phenoxy) is 1. The zero-order valence-electron chi connectivity index (χ0n) is 13.8. The number of amides is 1. The molecule has 0 atom stereocenters. The first kappa shape index (κ1) is 20.0. The zero-order chi connectivity index (χ0) is 19.2. The van der Waals surface area contributed by atoms with Gasteiger partial charge in [-0.2, -0.15) is 0 Å². The number of carbonyl (C=O) groups is 1. The Bertz CT molecular complexity index is 747. The van der Waals surface area contributed by atoms with Crippen LogP contribution >= 0.6 is 0 Å². The highest BCUT2D eigenvalue weighted by Gasteiger charge is 2.25. The third-order valence-corrected chi connectivity index (χ3v) is 5.07. The Labute approximate surface area is 150 Å². The van der Waals surface area contributed by atoms with Gasteiger partial charge in [0.2, 0.25) is 0 Å². The van der Waals surface area contributed by atoms with Crippen molar-refractivity contribution in [3.8, 4) is 0 Å². The lowest BCUT2D eigenvalue weighted by Crippen LogP contribution is -2.50. The van der Waals surface area contributed by atoms with Gasteiger partial charge >= 0.3 is 6.09 Å². The van der Waals surface area contributed by atoms with E-state index in [0.29, 0.717) is 25.9 Å². The summed E-state index contributed by atoms with van der Waals surface area (Å²) in [5.74, 6) is 0. The van der Waals surface area contributed by atoms with Gasteiger partial charge in [0.1, 0.15) is 6.61 Å². The molecule has 3 N–H and O–H groups in total. The molecule has 0 saturated carbocycles. The van der Waals surface area contributed by atoms with Gasteiger partial charge in [0.15, 0.2) is 0 Å². The normalized spacial score (nSPS) is 15.7. The summed E-state index contributed by atoms with van der Waals surface area (Å²) >= 11 is 0. The molecule has 1 fully saturated rings. The van der Waals surface area contributed by atoms with Crippen molar-refractivity contribution in [2.45, 2.75) is 23.8 Å². The SMILES string of the molecule is O=C(OCCO)N1CCC(NNS(=O)(=O)c2cccc([N+](=O)[O-])c2)CC1. The third kappa shape index (κ3) is 5.36. The topological polar surface area (TPSA) is 151 Å². The number of nitrogens with one attached hydrogen (secondary N) is 2. The third-order valence-electron chi connectivity index (χ3n) is 3.81. The molecule has 0 aliphatic carbocycles. The van der Waals surface area contributed by atoms with Crippen LogP contribution in [0.4, 0.5) is 10.5 Å². The fourth-order valence-corrected chi connectivity index (χ4v) is 3.39. The molecule has 1 amide bonds. The van der Waals surface area contributed by atoms with Crippen molar-refractivity contribution < 1.29 is 28.0 Å². The van der Waals surface area contributed by atoms with E-state index < -0.39 is 21.0 Å². The van der Waals surface area contributed by atoms with Gasteiger partial charge in [0, 0.05) is 31.3 Å². The lowest BCUT2D eigenvalue weighted by Gasteiger charge is -2.31. The minimum absolute atomic E-state index is 0.0694. The Morgan fingerprint density at radius 2 is 2.08 bits per heavy atom. The van der Waals surface area contributed by atoms with Crippen LogP contribution in [0.5, 0.6) is 0 Å². The molecule has 12 heteroatoms. The van der Waals surface area contributed by atoms with E-state index in [-0.39, 0.29) is 29.8 Å². The van der Waals surface area contributed by atoms with Crippen LogP contribution in [0.15, 0.2) is 29.2 Å². The first-order valence-electron chi connectivity index (χ1n) is 7.88. The van der Waals surface area contributed by atoms with Crippen LogP contribution < -0.4 is 10.3 Å². The Morgan fingerprint density at radius 1 is 1.38 bits per heavy atom. The highest BCUT2D eigenvalue weighted by molar-refractivity contribution is 7.89. The van der Waals surface area contributed by atoms with E-state index in [2.05, 4.69) is 10.3 Å². The van der Waals surface area contributed by atoms with E-state index >= 15 is 0 Å². The summed E-state index contributed by atoms with van der Waals surface area (Å²) in [6, 6.07) is 4.53. The largest absolute Gasteiger partial charge is 0.447 e. The Hall–Kier alpha value is -2.28. The Balaban J connectivity index is 1.86. The molecule has 26 heavy (non-hydrogen) atoms. The quantitative estimate of drug-likeness (QED) is 0.435. The minimum atomic E-state index is -3.96. The number of nitro groups is 1. The summed E-state index contributed by atoms with van der Waals surface area (Å²) in [5, 5.41) is 19.4. The standard InChI is InChI=1S/C14H20N4O7S/c19-8-9-25-14(20)17-6-4-11(5-7-17)15-16-26(23,24)13-3-1-2-12(10-13)18(21)22/h1-3,10-11,15-16,19H,4-9H2. The molecular weight excluding hydrogens is 368 g/mol. The number of sulfonamides is 1. The Morgan fingerprint density at radius 3 is 2.69 bits per heavy atom. The molecule has 1 aliphatic rings. The molecule has 0 aromatic heterocycles. The van der Waals surface area contributed by atoms with Crippen molar-refractivity contribution >= 4 is 21.8 Å². The number of nitro benzene ring substituents is 1. The molecule has 144 valence electrons. The maximum absolute atomic E-state index is 12.2. The molecule has 1 aromatic rings. The van der Waals surface area contributed by atoms with Crippen molar-refractivity contribution in [3.05, 3.63) is 34.4 Å². The number of carbonyl (C=O) groups excluding carboxylic acids is 1. The van der Waals surface area contributed by atoms with Crippen molar-refractivity contribution in [2.24, 2.45) is 0 Å². The van der Waals surface area contributed by atoms with Crippen LogP contribution in [0, 0.1) is 10.1 Å². The summed E-state index contributed by atoms with van der Waals surface area (Å²) in [4.78, 5) is 25.2. The smallest absolute Gasteiger partial charge is 0.409 e. The fourth-order valence-electron chi connectivity index (χ4n) is 2.41. The van der Waals surface area contributed by atoms with Crippen molar-refractivity contribution in [1.29, 1.82) is 0 Å². The van der Waals surface area contributed by atoms with Crippen LogP contribution in [-0.2, 0) is 14.8 Å². The Kier molecular flexibility index (Phi) is 6.85. The zero-order valence-corrected chi connectivity index (χ0v) is 14.6. The van der Waals surface area contributed by atoms with Crippen LogP contribution in [0.3, 0.4) is 0 Å². The highest BCUT2D eigenvalue weighted by Crippen LogP contribution is 2.17. The van der Waals surface area contributed by atoms with Crippen molar-refractivity contribution in [3.63, 3.8) is 0 Å². The van der Waals surface area contributed by atoms with Crippen LogP contribution in [-0.4, -0.2) is 61.8 Å². The van der Waals surface area contributed by atoms with Crippen LogP contribution in [0.1, 0.15) is 12.8 Å². The average molecular weight is 388 g/mol. The lowest BCUT2D eigenvalue weighted by molar-refractivity contribution is -0.385. The number of hydrogen-bond acceptors (Lipinski definition) is 8. The molecule has 2 rings (SSSR count). The van der Waals surface area contributed by atoms with E-state index in [0.717, 1.165) is 6.07 Å². The van der Waals surface area contributed by atoms with Crippen LogP contribution in [0.25, 0.3) is 0 Å². The second kappa shape index (κ2) is 8.89. The summed E-state index contributed by atoms with van der Waals surface area (Å²) in [5.41, 5.74) is 2.37. The fraction of sp³-hybridized carbons (Fsp3) is 0.500. The summed E-state index contributed by atoms with van der Waals surface area (Å²) in [6.45, 7) is 0.435. The number of non-ortho nitro benzene ring substituents is 1. The van der Waals surface area contributed by atoms with E-state index in [4.69, 9.17) is 9.84 Å². The molecule has 1 heterocycles. The van der Waals surface area contributed by atoms with E-state index in [1.54, 1.807) is 0 Å². The van der Waals surface area contributed by atoms with E-state index in [1.807, 2.05) is 0 Å². The number of likely N-dealkylation sites (tertiary alicyclic amines) is 1. The predicted molar refractivity (Wildman–Crippen MR) is 89.6 cm³/mol. The maximum atomic E-state index is 12.2. The molecule has 0 radical (unpaired) electrons. The number of rotatable bonds is 7. The highest BCUT2D eigenvalue weighted by atomic mass is 32.2. The van der Waals surface area contributed by atoms with Crippen LogP contribution in [0.2, 0.25) is 0 Å². The molecule has 1 aromatic carbocycles. The molecule has 0 unspecified atom stereocenters. The van der Waals surface area contributed by atoms with Gasteiger partial charge in [-0.25, -0.2) is 18.6 Å². The van der Waals surface area contributed by atoms with Crippen molar-refractivity contribution in [1.82, 2.24) is 15.2 Å². The van der Waals surface area contributed by atoms with E-state index in [1.165, 1.54) is 23.1 Å². The second-order valence-corrected chi connectivity index (χ2v) is 7.29. The van der Waals surface area contributed by atoms with Gasteiger partial charge in [-0.1, -0.05) is 6.07 Å². The molecule has 1 aliphatic heterocycles. The summed E-state index contributed by atoms with van der Waals surface area (Å²) in [7, 11) is -3.96. The minimum Gasteiger partial charge on any atom is -0.447 e. The molecule has 11 nitrogen and oxygen atoms in total. The van der Waals surface area contributed by atoms with Gasteiger partial charge in [-0.3, -0.25) is 10.1 Å². The maximum Gasteiger partial charge on any atom is 0.409 e. The molecule has 1 saturated heterocycles. The number of nitrogens with zero attached hydrogens (tertiary/aromatic N) is 2. The van der Waals surface area contributed by atoms with E-state index in [9.17, 15) is 23.3 Å².